The van der Waals surface area contributed by atoms with Crippen LogP contribution in [0.4, 0.5) is 4.39 Å². The first-order valence-electron chi connectivity index (χ1n) is 8.44. The molecule has 128 valence electrons. The second-order valence-electron chi connectivity index (χ2n) is 6.45. The van der Waals surface area contributed by atoms with E-state index >= 15 is 0 Å². The minimum atomic E-state index is -0.703. The highest BCUT2D eigenvalue weighted by Gasteiger charge is 2.34. The average Bonchev–Trinajstić information content (AvgIpc) is 3.05. The smallest absolute Gasteiger partial charge is 0.240 e. The van der Waals surface area contributed by atoms with E-state index in [0.717, 1.165) is 43.5 Å². The van der Waals surface area contributed by atoms with Crippen molar-refractivity contribution in [3.05, 3.63) is 48.0 Å². The van der Waals surface area contributed by atoms with Gasteiger partial charge in [0.15, 0.2) is 0 Å². The number of nitrogens with zero attached hydrogens (tertiary/aromatic N) is 2. The van der Waals surface area contributed by atoms with Crippen LogP contribution in [0, 0.1) is 5.82 Å². The van der Waals surface area contributed by atoms with Crippen LogP contribution in [0.2, 0.25) is 0 Å². The number of rotatable bonds is 5. The van der Waals surface area contributed by atoms with Gasteiger partial charge >= 0.3 is 0 Å². The summed E-state index contributed by atoms with van der Waals surface area (Å²) in [4.78, 5) is 12.3. The highest BCUT2D eigenvalue weighted by Crippen LogP contribution is 2.25. The first kappa shape index (κ1) is 16.6. The Hall–Kier alpha value is -2.21. The van der Waals surface area contributed by atoms with E-state index < -0.39 is 5.54 Å². The summed E-state index contributed by atoms with van der Waals surface area (Å²) in [5, 5.41) is 7.38. The van der Waals surface area contributed by atoms with Crippen LogP contribution in [0.3, 0.4) is 0 Å². The van der Waals surface area contributed by atoms with Crippen LogP contribution < -0.4 is 11.1 Å². The number of amides is 1. The Morgan fingerprint density at radius 1 is 1.21 bits per heavy atom. The van der Waals surface area contributed by atoms with Crippen molar-refractivity contribution in [1.29, 1.82) is 0 Å². The molecule has 0 spiro atoms. The SMILES string of the molecule is NC1(C(=O)NCCc2ccn(-c3ccc(F)cc3)n2)CCCCC1. The van der Waals surface area contributed by atoms with Crippen LogP contribution in [0.5, 0.6) is 0 Å². The number of carbonyl (C=O) groups is 1. The van der Waals surface area contributed by atoms with Gasteiger partial charge in [-0.1, -0.05) is 19.3 Å². The highest BCUT2D eigenvalue weighted by molar-refractivity contribution is 5.86. The molecule has 0 saturated heterocycles. The molecule has 1 aliphatic rings. The number of nitrogens with one attached hydrogen (secondary N) is 1. The third kappa shape index (κ3) is 3.82. The van der Waals surface area contributed by atoms with E-state index in [4.69, 9.17) is 5.73 Å². The lowest BCUT2D eigenvalue weighted by molar-refractivity contribution is -0.127. The van der Waals surface area contributed by atoms with Crippen molar-refractivity contribution < 1.29 is 9.18 Å². The molecule has 3 rings (SSSR count). The van der Waals surface area contributed by atoms with E-state index in [0.29, 0.717) is 13.0 Å². The summed E-state index contributed by atoms with van der Waals surface area (Å²) in [5.41, 5.74) is 7.18. The first-order chi connectivity index (χ1) is 11.6. The summed E-state index contributed by atoms with van der Waals surface area (Å²) in [6.07, 6.45) is 7.19. The van der Waals surface area contributed by atoms with Gasteiger partial charge in [0.2, 0.25) is 5.91 Å². The van der Waals surface area contributed by atoms with E-state index in [1.54, 1.807) is 16.8 Å². The van der Waals surface area contributed by atoms with Gasteiger partial charge in [-0.05, 0) is 43.2 Å². The first-order valence-corrected chi connectivity index (χ1v) is 8.44. The minimum absolute atomic E-state index is 0.0554. The molecule has 2 aromatic rings. The van der Waals surface area contributed by atoms with Crippen molar-refractivity contribution in [2.24, 2.45) is 5.73 Å². The van der Waals surface area contributed by atoms with Crippen molar-refractivity contribution in [3.63, 3.8) is 0 Å². The van der Waals surface area contributed by atoms with Gasteiger partial charge in [0, 0.05) is 19.2 Å². The number of halogens is 1. The maximum Gasteiger partial charge on any atom is 0.240 e. The number of nitrogens with two attached hydrogens (primary N) is 1. The summed E-state index contributed by atoms with van der Waals surface area (Å²) >= 11 is 0. The van der Waals surface area contributed by atoms with Gasteiger partial charge in [-0.3, -0.25) is 4.79 Å². The molecule has 0 unspecified atom stereocenters. The molecular weight excluding hydrogens is 307 g/mol. The zero-order valence-corrected chi connectivity index (χ0v) is 13.7. The molecule has 1 heterocycles. The van der Waals surface area contributed by atoms with Crippen LogP contribution in [0.15, 0.2) is 36.5 Å². The molecule has 1 fully saturated rings. The molecule has 1 aromatic carbocycles. The molecule has 0 bridgehead atoms. The molecule has 0 aliphatic heterocycles. The Balaban J connectivity index is 1.52. The second kappa shape index (κ2) is 7.13. The molecule has 24 heavy (non-hydrogen) atoms. The van der Waals surface area contributed by atoms with Crippen molar-refractivity contribution >= 4 is 5.91 Å². The zero-order valence-electron chi connectivity index (χ0n) is 13.7. The lowest BCUT2D eigenvalue weighted by Crippen LogP contribution is -2.55. The van der Waals surface area contributed by atoms with Crippen LogP contribution in [-0.2, 0) is 11.2 Å². The molecule has 3 N–H and O–H groups in total. The van der Waals surface area contributed by atoms with E-state index in [1.807, 2.05) is 12.3 Å². The van der Waals surface area contributed by atoms with E-state index in [1.165, 1.54) is 12.1 Å². The van der Waals surface area contributed by atoms with Crippen molar-refractivity contribution in [3.8, 4) is 5.69 Å². The van der Waals surface area contributed by atoms with Gasteiger partial charge < -0.3 is 11.1 Å². The quantitative estimate of drug-likeness (QED) is 0.884. The number of benzene rings is 1. The highest BCUT2D eigenvalue weighted by atomic mass is 19.1. The number of hydrogen-bond acceptors (Lipinski definition) is 3. The fourth-order valence-corrected chi connectivity index (χ4v) is 3.12. The summed E-state index contributed by atoms with van der Waals surface area (Å²) in [7, 11) is 0. The molecule has 0 atom stereocenters. The number of aromatic nitrogens is 2. The molecule has 6 heteroatoms. The van der Waals surface area contributed by atoms with E-state index in [9.17, 15) is 9.18 Å². The zero-order chi connectivity index (χ0) is 17.0. The largest absolute Gasteiger partial charge is 0.354 e. The lowest BCUT2D eigenvalue weighted by Gasteiger charge is -2.31. The molecule has 5 nitrogen and oxygen atoms in total. The van der Waals surface area contributed by atoms with Gasteiger partial charge in [0.1, 0.15) is 5.82 Å². The van der Waals surface area contributed by atoms with Crippen LogP contribution >= 0.6 is 0 Å². The standard InChI is InChI=1S/C18H23FN4O/c19-14-4-6-16(7-5-14)23-13-9-15(22-23)8-12-21-17(24)18(20)10-2-1-3-11-18/h4-7,9,13H,1-3,8,10-12,20H2,(H,21,24). The molecular formula is C18H23FN4O. The third-order valence-corrected chi connectivity index (χ3v) is 4.60. The maximum atomic E-state index is 13.0. The summed E-state index contributed by atoms with van der Waals surface area (Å²) < 4.78 is 14.7. The maximum absolute atomic E-state index is 13.0. The normalized spacial score (nSPS) is 16.8. The van der Waals surface area contributed by atoms with E-state index in [2.05, 4.69) is 10.4 Å². The number of carbonyl (C=O) groups excluding carboxylic acids is 1. The van der Waals surface area contributed by atoms with Crippen LogP contribution in [0.1, 0.15) is 37.8 Å². The van der Waals surface area contributed by atoms with Gasteiger partial charge in [0.25, 0.3) is 0 Å². The predicted octanol–water partition coefficient (Wildman–Crippen LogP) is 2.33. The predicted molar refractivity (Wildman–Crippen MR) is 90.2 cm³/mol. The second-order valence-corrected chi connectivity index (χ2v) is 6.45. The Morgan fingerprint density at radius 3 is 2.62 bits per heavy atom. The van der Waals surface area contributed by atoms with Crippen molar-refractivity contribution in [2.75, 3.05) is 6.54 Å². The van der Waals surface area contributed by atoms with Gasteiger partial charge in [0.05, 0.1) is 16.9 Å². The fraction of sp³-hybridized carbons (Fsp3) is 0.444. The summed E-state index contributed by atoms with van der Waals surface area (Å²) in [6.45, 7) is 0.512. The summed E-state index contributed by atoms with van der Waals surface area (Å²) in [6, 6.07) is 8.06. The Kier molecular flexibility index (Phi) is 4.94. The monoisotopic (exact) mass is 330 g/mol. The lowest BCUT2D eigenvalue weighted by atomic mass is 9.82. The fourth-order valence-electron chi connectivity index (χ4n) is 3.12. The average molecular weight is 330 g/mol. The van der Waals surface area contributed by atoms with Gasteiger partial charge in [-0.25, -0.2) is 9.07 Å². The Bertz CT molecular complexity index is 689. The van der Waals surface area contributed by atoms with Gasteiger partial charge in [-0.15, -0.1) is 0 Å². The molecule has 1 aromatic heterocycles. The molecule has 1 aliphatic carbocycles. The molecule has 0 radical (unpaired) electrons. The summed E-state index contributed by atoms with van der Waals surface area (Å²) in [5.74, 6) is -0.326. The number of hydrogen-bond donors (Lipinski definition) is 2. The van der Waals surface area contributed by atoms with Crippen LogP contribution in [0.25, 0.3) is 5.69 Å². The van der Waals surface area contributed by atoms with Crippen molar-refractivity contribution in [2.45, 2.75) is 44.1 Å². The molecule has 1 amide bonds. The van der Waals surface area contributed by atoms with Crippen molar-refractivity contribution in [1.82, 2.24) is 15.1 Å². The topological polar surface area (TPSA) is 72.9 Å². The molecule has 1 saturated carbocycles. The Morgan fingerprint density at radius 2 is 1.92 bits per heavy atom. The van der Waals surface area contributed by atoms with Crippen LogP contribution in [-0.4, -0.2) is 27.8 Å². The third-order valence-electron chi connectivity index (χ3n) is 4.60. The van der Waals surface area contributed by atoms with E-state index in [-0.39, 0.29) is 11.7 Å². The minimum Gasteiger partial charge on any atom is -0.354 e. The Labute approximate surface area is 141 Å². The van der Waals surface area contributed by atoms with Gasteiger partial charge in [-0.2, -0.15) is 5.10 Å².